The van der Waals surface area contributed by atoms with E-state index in [4.69, 9.17) is 4.74 Å². The van der Waals surface area contributed by atoms with Crippen LogP contribution in [0.1, 0.15) is 10.5 Å². The van der Waals surface area contributed by atoms with Gasteiger partial charge in [0.2, 0.25) is 0 Å². The quantitative estimate of drug-likeness (QED) is 0.937. The molecule has 114 valence electrons. The van der Waals surface area contributed by atoms with E-state index in [1.165, 1.54) is 35.7 Å². The number of amides is 1. The first-order valence-electron chi connectivity index (χ1n) is 6.55. The molecule has 8 heteroatoms. The minimum atomic E-state index is -0.383. The van der Waals surface area contributed by atoms with E-state index in [1.54, 1.807) is 18.3 Å². The SMILES string of the molecule is COc1cn(-c2ccc(F)cc2)nc1C(=O)NC1=NCCS1. The predicted molar refractivity (Wildman–Crippen MR) is 82.3 cm³/mol. The van der Waals surface area contributed by atoms with E-state index in [1.807, 2.05) is 0 Å². The Morgan fingerprint density at radius 1 is 1.41 bits per heavy atom. The number of ether oxygens (including phenoxy) is 1. The van der Waals surface area contributed by atoms with E-state index in [2.05, 4.69) is 15.4 Å². The fourth-order valence-corrected chi connectivity index (χ4v) is 2.68. The van der Waals surface area contributed by atoms with Crippen LogP contribution in [0.3, 0.4) is 0 Å². The Morgan fingerprint density at radius 2 is 2.18 bits per heavy atom. The van der Waals surface area contributed by atoms with Gasteiger partial charge >= 0.3 is 0 Å². The normalized spacial score (nSPS) is 13.8. The summed E-state index contributed by atoms with van der Waals surface area (Å²) < 4.78 is 19.6. The highest BCUT2D eigenvalue weighted by molar-refractivity contribution is 8.14. The molecule has 0 atom stereocenters. The molecule has 0 spiro atoms. The van der Waals surface area contributed by atoms with Crippen molar-refractivity contribution in [2.75, 3.05) is 19.4 Å². The number of rotatable bonds is 3. The van der Waals surface area contributed by atoms with Gasteiger partial charge in [0.05, 0.1) is 25.5 Å². The minimum absolute atomic E-state index is 0.155. The molecule has 1 aliphatic heterocycles. The van der Waals surface area contributed by atoms with Gasteiger partial charge in [0.25, 0.3) is 5.91 Å². The number of aromatic nitrogens is 2. The maximum Gasteiger partial charge on any atom is 0.281 e. The Labute approximate surface area is 130 Å². The second kappa shape index (κ2) is 6.18. The number of carbonyl (C=O) groups is 1. The van der Waals surface area contributed by atoms with Crippen molar-refractivity contribution in [3.05, 3.63) is 42.0 Å². The monoisotopic (exact) mass is 320 g/mol. The Kier molecular flexibility index (Phi) is 4.10. The fraction of sp³-hybridized carbons (Fsp3) is 0.214. The lowest BCUT2D eigenvalue weighted by atomic mass is 10.3. The number of benzene rings is 1. The van der Waals surface area contributed by atoms with E-state index in [-0.39, 0.29) is 17.4 Å². The first kappa shape index (κ1) is 14.6. The summed E-state index contributed by atoms with van der Waals surface area (Å²) in [5, 5.41) is 7.50. The maximum absolute atomic E-state index is 13.0. The number of halogens is 1. The summed E-state index contributed by atoms with van der Waals surface area (Å²) in [6.45, 7) is 0.696. The van der Waals surface area contributed by atoms with Gasteiger partial charge in [-0.15, -0.1) is 0 Å². The highest BCUT2D eigenvalue weighted by Crippen LogP contribution is 2.20. The van der Waals surface area contributed by atoms with Crippen molar-refractivity contribution in [1.82, 2.24) is 15.1 Å². The van der Waals surface area contributed by atoms with E-state index in [0.717, 1.165) is 5.75 Å². The first-order chi connectivity index (χ1) is 10.7. The van der Waals surface area contributed by atoms with Crippen LogP contribution in [-0.4, -0.2) is 40.3 Å². The van der Waals surface area contributed by atoms with Gasteiger partial charge in [-0.2, -0.15) is 5.10 Å². The molecular formula is C14H13FN4O2S. The average molecular weight is 320 g/mol. The Morgan fingerprint density at radius 3 is 2.82 bits per heavy atom. The summed E-state index contributed by atoms with van der Waals surface area (Å²) in [7, 11) is 1.46. The van der Waals surface area contributed by atoms with Crippen LogP contribution < -0.4 is 10.1 Å². The fourth-order valence-electron chi connectivity index (χ4n) is 1.96. The van der Waals surface area contributed by atoms with E-state index in [0.29, 0.717) is 23.1 Å². The van der Waals surface area contributed by atoms with Crippen molar-refractivity contribution in [2.45, 2.75) is 0 Å². The summed E-state index contributed by atoms with van der Waals surface area (Å²) in [6, 6.07) is 5.79. The number of hydrogen-bond donors (Lipinski definition) is 1. The maximum atomic E-state index is 13.0. The van der Waals surface area contributed by atoms with Gasteiger partial charge in [0, 0.05) is 5.75 Å². The number of nitrogens with one attached hydrogen (secondary N) is 1. The number of thioether (sulfide) groups is 1. The molecule has 2 heterocycles. The largest absolute Gasteiger partial charge is 0.493 e. The van der Waals surface area contributed by atoms with Gasteiger partial charge in [-0.3, -0.25) is 15.1 Å². The lowest BCUT2D eigenvalue weighted by molar-refractivity contribution is 0.0970. The molecular weight excluding hydrogens is 307 g/mol. The molecule has 1 aromatic carbocycles. The number of aliphatic imine (C=N–C) groups is 1. The number of hydrogen-bond acceptors (Lipinski definition) is 5. The first-order valence-corrected chi connectivity index (χ1v) is 7.54. The Hall–Kier alpha value is -2.35. The molecule has 1 aliphatic rings. The molecule has 0 radical (unpaired) electrons. The Balaban J connectivity index is 1.87. The molecule has 0 unspecified atom stereocenters. The van der Waals surface area contributed by atoms with Gasteiger partial charge in [-0.25, -0.2) is 9.07 Å². The molecule has 0 bridgehead atoms. The van der Waals surface area contributed by atoms with Crippen LogP contribution in [0.2, 0.25) is 0 Å². The number of carbonyl (C=O) groups excluding carboxylic acids is 1. The highest BCUT2D eigenvalue weighted by atomic mass is 32.2. The second-order valence-corrected chi connectivity index (χ2v) is 5.54. The average Bonchev–Trinajstić information content (AvgIpc) is 3.17. The predicted octanol–water partition coefficient (Wildman–Crippen LogP) is 1.85. The zero-order valence-corrected chi connectivity index (χ0v) is 12.6. The molecule has 1 amide bonds. The topological polar surface area (TPSA) is 68.5 Å². The van der Waals surface area contributed by atoms with Crippen LogP contribution in [0.15, 0.2) is 35.5 Å². The van der Waals surface area contributed by atoms with Crippen LogP contribution in [0, 0.1) is 5.82 Å². The minimum Gasteiger partial charge on any atom is -0.493 e. The van der Waals surface area contributed by atoms with Crippen molar-refractivity contribution in [1.29, 1.82) is 0 Å². The summed E-state index contributed by atoms with van der Waals surface area (Å²) in [4.78, 5) is 16.4. The number of amidine groups is 1. The molecule has 6 nitrogen and oxygen atoms in total. The smallest absolute Gasteiger partial charge is 0.281 e. The summed E-state index contributed by atoms with van der Waals surface area (Å²) in [5.41, 5.74) is 0.786. The zero-order valence-electron chi connectivity index (χ0n) is 11.7. The standard InChI is InChI=1S/C14H13FN4O2S/c1-21-11-8-19(10-4-2-9(15)3-5-10)18-12(11)13(20)17-14-16-6-7-22-14/h2-5,8H,6-7H2,1H3,(H,16,17,20). The summed E-state index contributed by atoms with van der Waals surface area (Å²) in [6.07, 6.45) is 1.58. The molecule has 0 aliphatic carbocycles. The van der Waals surface area contributed by atoms with Gasteiger partial charge < -0.3 is 4.74 Å². The van der Waals surface area contributed by atoms with Gasteiger partial charge in [-0.1, -0.05) is 11.8 Å². The molecule has 0 saturated heterocycles. The number of nitrogens with zero attached hydrogens (tertiary/aromatic N) is 3. The lowest BCUT2D eigenvalue weighted by Crippen LogP contribution is -2.28. The summed E-state index contributed by atoms with van der Waals surface area (Å²) in [5.74, 6) is 0.477. The van der Waals surface area contributed by atoms with E-state index in [9.17, 15) is 9.18 Å². The molecule has 1 N–H and O–H groups in total. The van der Waals surface area contributed by atoms with Crippen LogP contribution in [-0.2, 0) is 0 Å². The third kappa shape index (κ3) is 2.96. The van der Waals surface area contributed by atoms with Crippen LogP contribution in [0.5, 0.6) is 5.75 Å². The van der Waals surface area contributed by atoms with Gasteiger partial charge in [0.1, 0.15) is 5.82 Å². The van der Waals surface area contributed by atoms with Crippen LogP contribution in [0.4, 0.5) is 4.39 Å². The molecule has 2 aromatic rings. The van der Waals surface area contributed by atoms with Crippen LogP contribution >= 0.6 is 11.8 Å². The third-order valence-corrected chi connectivity index (χ3v) is 3.90. The summed E-state index contributed by atoms with van der Waals surface area (Å²) >= 11 is 1.48. The van der Waals surface area contributed by atoms with Crippen LogP contribution in [0.25, 0.3) is 5.69 Å². The van der Waals surface area contributed by atoms with E-state index >= 15 is 0 Å². The van der Waals surface area contributed by atoms with Crippen molar-refractivity contribution < 1.29 is 13.9 Å². The molecule has 3 rings (SSSR count). The molecule has 22 heavy (non-hydrogen) atoms. The van der Waals surface area contributed by atoms with Crippen molar-refractivity contribution >= 4 is 22.8 Å². The van der Waals surface area contributed by atoms with E-state index < -0.39 is 0 Å². The second-order valence-electron chi connectivity index (χ2n) is 4.46. The van der Waals surface area contributed by atoms with Crippen molar-refractivity contribution in [3.8, 4) is 11.4 Å². The molecule has 0 saturated carbocycles. The Bertz CT molecular complexity index is 727. The molecule has 1 aromatic heterocycles. The third-order valence-electron chi connectivity index (χ3n) is 3.01. The number of methoxy groups -OCH3 is 1. The van der Waals surface area contributed by atoms with Gasteiger partial charge in [-0.05, 0) is 24.3 Å². The van der Waals surface area contributed by atoms with Crippen molar-refractivity contribution in [3.63, 3.8) is 0 Å². The molecule has 0 fully saturated rings. The lowest BCUT2D eigenvalue weighted by Gasteiger charge is -2.02. The highest BCUT2D eigenvalue weighted by Gasteiger charge is 2.20. The zero-order chi connectivity index (χ0) is 15.5. The van der Waals surface area contributed by atoms with Gasteiger partial charge in [0.15, 0.2) is 16.6 Å². The van der Waals surface area contributed by atoms with Crippen molar-refractivity contribution in [2.24, 2.45) is 4.99 Å².